The fraction of sp³-hybridized carbons (Fsp3) is 0.235. The fourth-order valence-corrected chi connectivity index (χ4v) is 2.47. The number of aromatic nitrogens is 4. The fourth-order valence-electron chi connectivity index (χ4n) is 2.33. The highest BCUT2D eigenvalue weighted by atomic mass is 35.5. The molecule has 1 N–H and O–H groups in total. The van der Waals surface area contributed by atoms with Crippen molar-refractivity contribution in [3.05, 3.63) is 65.5 Å². The van der Waals surface area contributed by atoms with E-state index in [1.807, 2.05) is 6.07 Å². The minimum absolute atomic E-state index is 0.252. The van der Waals surface area contributed by atoms with Gasteiger partial charge in [0.15, 0.2) is 0 Å². The van der Waals surface area contributed by atoms with Gasteiger partial charge in [-0.05, 0) is 31.5 Å². The Morgan fingerprint density at radius 2 is 2.08 bits per heavy atom. The summed E-state index contributed by atoms with van der Waals surface area (Å²) >= 11 is 5.87. The van der Waals surface area contributed by atoms with Crippen LogP contribution < -0.4 is 5.32 Å². The van der Waals surface area contributed by atoms with Crippen LogP contribution in [0, 0.1) is 5.82 Å². The first-order chi connectivity index (χ1) is 11.8. The lowest BCUT2D eigenvalue weighted by Crippen LogP contribution is -2.40. The zero-order chi connectivity index (χ0) is 18.0. The molecule has 0 atom stereocenters. The van der Waals surface area contributed by atoms with E-state index in [4.69, 9.17) is 11.6 Å². The second-order valence-corrected chi connectivity index (χ2v) is 6.61. The van der Waals surface area contributed by atoms with Gasteiger partial charge in [-0.3, -0.25) is 14.2 Å². The molecule has 2 aromatic heterocycles. The first-order valence-electron chi connectivity index (χ1n) is 7.63. The molecule has 0 aliphatic heterocycles. The highest BCUT2D eigenvalue weighted by Crippen LogP contribution is 2.20. The molecule has 0 unspecified atom stereocenters. The molecule has 8 heteroatoms. The maximum atomic E-state index is 13.2. The van der Waals surface area contributed by atoms with Crippen molar-refractivity contribution in [1.29, 1.82) is 0 Å². The molecule has 1 amide bonds. The van der Waals surface area contributed by atoms with E-state index in [1.165, 1.54) is 23.0 Å². The number of hydrogen-bond acceptors (Lipinski definition) is 3. The molecule has 2 heterocycles. The van der Waals surface area contributed by atoms with Crippen LogP contribution in [0.5, 0.6) is 0 Å². The number of anilines is 1. The molecule has 0 saturated heterocycles. The van der Waals surface area contributed by atoms with Gasteiger partial charge in [0.25, 0.3) is 5.91 Å². The van der Waals surface area contributed by atoms with Gasteiger partial charge in [0.05, 0.1) is 29.6 Å². The van der Waals surface area contributed by atoms with Crippen LogP contribution in [0.1, 0.15) is 19.4 Å². The highest BCUT2D eigenvalue weighted by molar-refractivity contribution is 6.30. The number of benzene rings is 1. The molecule has 0 fully saturated rings. The maximum Gasteiger partial charge on any atom is 0.251 e. The van der Waals surface area contributed by atoms with Gasteiger partial charge in [-0.15, -0.1) is 0 Å². The monoisotopic (exact) mass is 361 g/mol. The Morgan fingerprint density at radius 1 is 1.28 bits per heavy atom. The number of carbonyl (C=O) groups excluding carboxylic acids is 1. The van der Waals surface area contributed by atoms with Crippen molar-refractivity contribution < 1.29 is 9.18 Å². The number of rotatable bonds is 5. The third kappa shape index (κ3) is 3.88. The van der Waals surface area contributed by atoms with Gasteiger partial charge in [-0.1, -0.05) is 23.7 Å². The normalized spacial score (nSPS) is 11.5. The average molecular weight is 362 g/mol. The van der Waals surface area contributed by atoms with E-state index in [2.05, 4.69) is 15.5 Å². The third-order valence-electron chi connectivity index (χ3n) is 3.80. The second kappa shape index (κ2) is 6.68. The zero-order valence-corrected chi connectivity index (χ0v) is 14.5. The molecule has 0 bridgehead atoms. The van der Waals surface area contributed by atoms with Gasteiger partial charge in [0, 0.05) is 12.4 Å². The number of carbonyl (C=O) groups is 1. The average Bonchev–Trinajstić information content (AvgIpc) is 3.17. The van der Waals surface area contributed by atoms with Crippen LogP contribution >= 0.6 is 11.6 Å². The lowest BCUT2D eigenvalue weighted by Gasteiger charge is -2.23. The van der Waals surface area contributed by atoms with Crippen LogP contribution in [-0.2, 0) is 16.9 Å². The van der Waals surface area contributed by atoms with E-state index in [0.29, 0.717) is 17.3 Å². The summed E-state index contributed by atoms with van der Waals surface area (Å²) in [6.07, 6.45) is 6.31. The lowest BCUT2D eigenvalue weighted by molar-refractivity contribution is -0.123. The number of halogens is 2. The Hall–Kier alpha value is -2.67. The molecule has 3 aromatic rings. The summed E-state index contributed by atoms with van der Waals surface area (Å²) < 4.78 is 16.4. The Bertz CT molecular complexity index is 902. The Labute approximate surface area is 149 Å². The van der Waals surface area contributed by atoms with Crippen molar-refractivity contribution in [2.24, 2.45) is 0 Å². The standard InChI is InChI=1S/C17H17ClFN5O/c1-17(2,24-10-13(18)7-21-24)16(25)22-15-8-20-23(11-15)9-12-4-3-5-14(19)6-12/h3-8,10-11H,9H2,1-2H3,(H,22,25). The Kier molecular flexibility index (Phi) is 4.59. The van der Waals surface area contributed by atoms with Crippen molar-refractivity contribution in [1.82, 2.24) is 19.6 Å². The lowest BCUT2D eigenvalue weighted by atomic mass is 10.1. The summed E-state index contributed by atoms with van der Waals surface area (Å²) in [5, 5.41) is 11.5. The predicted octanol–water partition coefficient (Wildman–Crippen LogP) is 3.29. The highest BCUT2D eigenvalue weighted by Gasteiger charge is 2.31. The van der Waals surface area contributed by atoms with Gasteiger partial charge in [-0.2, -0.15) is 10.2 Å². The molecule has 25 heavy (non-hydrogen) atoms. The molecular weight excluding hydrogens is 345 g/mol. The van der Waals surface area contributed by atoms with Crippen LogP contribution in [0.2, 0.25) is 5.02 Å². The van der Waals surface area contributed by atoms with E-state index in [-0.39, 0.29) is 11.7 Å². The molecule has 0 radical (unpaired) electrons. The minimum Gasteiger partial charge on any atom is -0.321 e. The number of nitrogens with one attached hydrogen (secondary N) is 1. The van der Waals surface area contributed by atoms with E-state index in [0.717, 1.165) is 5.56 Å². The first kappa shape index (κ1) is 17.2. The van der Waals surface area contributed by atoms with Crippen molar-refractivity contribution in [3.63, 3.8) is 0 Å². The van der Waals surface area contributed by atoms with E-state index >= 15 is 0 Å². The SMILES string of the molecule is CC(C)(C(=O)Nc1cnn(Cc2cccc(F)c2)c1)n1cc(Cl)cn1. The number of amides is 1. The summed E-state index contributed by atoms with van der Waals surface area (Å²) in [5.74, 6) is -0.546. The smallest absolute Gasteiger partial charge is 0.251 e. The van der Waals surface area contributed by atoms with Gasteiger partial charge in [0.2, 0.25) is 0 Å². The van der Waals surface area contributed by atoms with E-state index in [1.54, 1.807) is 43.2 Å². The summed E-state index contributed by atoms with van der Waals surface area (Å²) in [6.45, 7) is 3.89. The summed E-state index contributed by atoms with van der Waals surface area (Å²) in [4.78, 5) is 12.6. The third-order valence-corrected chi connectivity index (χ3v) is 4.00. The van der Waals surface area contributed by atoms with Gasteiger partial charge < -0.3 is 5.32 Å². The minimum atomic E-state index is -0.919. The molecule has 0 aliphatic rings. The summed E-state index contributed by atoms with van der Waals surface area (Å²) in [5.41, 5.74) is 0.415. The molecule has 0 aliphatic carbocycles. The van der Waals surface area contributed by atoms with Gasteiger partial charge in [0.1, 0.15) is 11.4 Å². The van der Waals surface area contributed by atoms with Crippen LogP contribution in [0.25, 0.3) is 0 Å². The van der Waals surface area contributed by atoms with E-state index < -0.39 is 5.54 Å². The van der Waals surface area contributed by atoms with Crippen LogP contribution in [0.3, 0.4) is 0 Å². The summed E-state index contributed by atoms with van der Waals surface area (Å²) in [7, 11) is 0. The summed E-state index contributed by atoms with van der Waals surface area (Å²) in [6, 6.07) is 6.30. The Morgan fingerprint density at radius 3 is 2.76 bits per heavy atom. The molecule has 130 valence electrons. The second-order valence-electron chi connectivity index (χ2n) is 6.17. The quantitative estimate of drug-likeness (QED) is 0.758. The zero-order valence-electron chi connectivity index (χ0n) is 13.8. The molecule has 3 rings (SSSR count). The molecule has 6 nitrogen and oxygen atoms in total. The van der Waals surface area contributed by atoms with Gasteiger partial charge >= 0.3 is 0 Å². The van der Waals surface area contributed by atoms with Crippen molar-refractivity contribution in [3.8, 4) is 0 Å². The van der Waals surface area contributed by atoms with Crippen LogP contribution in [-0.4, -0.2) is 25.5 Å². The number of hydrogen-bond donors (Lipinski definition) is 1. The van der Waals surface area contributed by atoms with Crippen LogP contribution in [0.4, 0.5) is 10.1 Å². The molecule has 1 aromatic carbocycles. The van der Waals surface area contributed by atoms with Crippen LogP contribution in [0.15, 0.2) is 49.1 Å². The van der Waals surface area contributed by atoms with Gasteiger partial charge in [-0.25, -0.2) is 4.39 Å². The molecule has 0 spiro atoms. The Balaban J connectivity index is 1.69. The molecular formula is C17H17ClFN5O. The first-order valence-corrected chi connectivity index (χ1v) is 8.01. The number of nitrogens with zero attached hydrogens (tertiary/aromatic N) is 4. The molecule has 0 saturated carbocycles. The predicted molar refractivity (Wildman–Crippen MR) is 92.9 cm³/mol. The van der Waals surface area contributed by atoms with Crippen molar-refractivity contribution in [2.45, 2.75) is 25.9 Å². The van der Waals surface area contributed by atoms with Crippen molar-refractivity contribution >= 4 is 23.2 Å². The van der Waals surface area contributed by atoms with Crippen molar-refractivity contribution in [2.75, 3.05) is 5.32 Å². The van der Waals surface area contributed by atoms with E-state index in [9.17, 15) is 9.18 Å². The largest absolute Gasteiger partial charge is 0.321 e. The maximum absolute atomic E-state index is 13.2. The topological polar surface area (TPSA) is 64.7 Å².